The highest BCUT2D eigenvalue weighted by Gasteiger charge is 2.26. The Labute approximate surface area is 128 Å². The van der Waals surface area contributed by atoms with Crippen molar-refractivity contribution in [3.63, 3.8) is 0 Å². The van der Waals surface area contributed by atoms with Crippen molar-refractivity contribution in [3.05, 3.63) is 71.3 Å². The van der Waals surface area contributed by atoms with Crippen LogP contribution in [0.25, 0.3) is 22.6 Å². The molecular formula is C19H15NS. The summed E-state index contributed by atoms with van der Waals surface area (Å²) in [6, 6.07) is 8.31. The van der Waals surface area contributed by atoms with Gasteiger partial charge in [0, 0.05) is 20.8 Å². The van der Waals surface area contributed by atoms with Gasteiger partial charge in [0.15, 0.2) is 0 Å². The standard InChI is InChI=1S/C19H15NS/c1-3-15-18-12(2)13-8-5-7-11-17(13)21-19(18)14-9-4-6-10-16(14)20-15/h3-4,6-7,9-11H,1-2,5,8H2. The van der Waals surface area contributed by atoms with Crippen LogP contribution in [0, 0.1) is 0 Å². The third-order valence-electron chi connectivity index (χ3n) is 4.07. The average molecular weight is 289 g/mol. The fourth-order valence-corrected chi connectivity index (χ4v) is 4.39. The summed E-state index contributed by atoms with van der Waals surface area (Å²) in [5.41, 5.74) is 5.63. The van der Waals surface area contributed by atoms with E-state index in [-0.39, 0.29) is 0 Å². The van der Waals surface area contributed by atoms with E-state index in [1.165, 1.54) is 26.3 Å². The minimum atomic E-state index is 0.947. The number of para-hydroxylation sites is 1. The summed E-state index contributed by atoms with van der Waals surface area (Å²) in [5, 5.41) is 1.20. The van der Waals surface area contributed by atoms with Gasteiger partial charge in [-0.25, -0.2) is 4.98 Å². The van der Waals surface area contributed by atoms with E-state index in [1.54, 1.807) is 0 Å². The first-order chi connectivity index (χ1) is 10.3. The first kappa shape index (κ1) is 12.7. The highest BCUT2D eigenvalue weighted by molar-refractivity contribution is 8.03. The van der Waals surface area contributed by atoms with Crippen molar-refractivity contribution in [2.75, 3.05) is 0 Å². The van der Waals surface area contributed by atoms with Crippen LogP contribution in [0.3, 0.4) is 0 Å². The third-order valence-corrected chi connectivity index (χ3v) is 5.30. The van der Waals surface area contributed by atoms with Crippen LogP contribution in [0.15, 0.2) is 64.9 Å². The molecule has 0 unspecified atom stereocenters. The molecule has 1 aliphatic heterocycles. The molecule has 2 heterocycles. The van der Waals surface area contributed by atoms with Crippen molar-refractivity contribution < 1.29 is 0 Å². The molecule has 1 aliphatic carbocycles. The molecule has 2 heteroatoms. The summed E-state index contributed by atoms with van der Waals surface area (Å²) >= 11 is 1.85. The van der Waals surface area contributed by atoms with Crippen molar-refractivity contribution in [3.8, 4) is 0 Å². The first-order valence-electron chi connectivity index (χ1n) is 7.12. The van der Waals surface area contributed by atoms with E-state index in [0.717, 1.165) is 29.6 Å². The molecule has 0 atom stereocenters. The predicted molar refractivity (Wildman–Crippen MR) is 92.1 cm³/mol. The Bertz CT molecular complexity index is 855. The van der Waals surface area contributed by atoms with Gasteiger partial charge >= 0.3 is 0 Å². The van der Waals surface area contributed by atoms with Crippen molar-refractivity contribution in [1.29, 1.82) is 0 Å². The Morgan fingerprint density at radius 1 is 1.24 bits per heavy atom. The summed E-state index contributed by atoms with van der Waals surface area (Å²) in [4.78, 5) is 7.37. The van der Waals surface area contributed by atoms with E-state index < -0.39 is 0 Å². The largest absolute Gasteiger partial charge is 0.248 e. The average Bonchev–Trinajstić information content (AvgIpc) is 2.54. The number of thioether (sulfide) groups is 1. The van der Waals surface area contributed by atoms with Crippen LogP contribution in [0.5, 0.6) is 0 Å². The molecule has 0 radical (unpaired) electrons. The summed E-state index contributed by atoms with van der Waals surface area (Å²) in [6.07, 6.45) is 8.50. The molecule has 0 saturated heterocycles. The van der Waals surface area contributed by atoms with Crippen LogP contribution in [0.4, 0.5) is 0 Å². The molecule has 4 rings (SSSR count). The van der Waals surface area contributed by atoms with Crippen LogP contribution >= 0.6 is 11.8 Å². The molecule has 2 aliphatic rings. The lowest BCUT2D eigenvalue weighted by molar-refractivity contribution is 0.987. The molecule has 1 aromatic heterocycles. The van der Waals surface area contributed by atoms with Crippen LogP contribution in [-0.2, 0) is 0 Å². The summed E-state index contributed by atoms with van der Waals surface area (Å²) in [5.74, 6) is 0. The number of aromatic nitrogens is 1. The maximum absolute atomic E-state index is 4.76. The SMILES string of the molecule is C=Cc1nc2ccccc2c2c1C(=C)C1=C(C=CCC1)S2. The predicted octanol–water partition coefficient (Wildman–Crippen LogP) is 5.60. The van der Waals surface area contributed by atoms with Crippen LogP contribution in [0.1, 0.15) is 24.1 Å². The van der Waals surface area contributed by atoms with E-state index in [4.69, 9.17) is 4.98 Å². The molecule has 0 bridgehead atoms. The van der Waals surface area contributed by atoms with E-state index in [2.05, 4.69) is 43.5 Å². The lowest BCUT2D eigenvalue weighted by Gasteiger charge is -2.27. The van der Waals surface area contributed by atoms with Crippen LogP contribution in [-0.4, -0.2) is 4.98 Å². The van der Waals surface area contributed by atoms with Gasteiger partial charge in [-0.05, 0) is 36.1 Å². The molecule has 1 nitrogen and oxygen atoms in total. The molecule has 21 heavy (non-hydrogen) atoms. The quantitative estimate of drug-likeness (QED) is 0.677. The van der Waals surface area contributed by atoms with Crippen LogP contribution in [0.2, 0.25) is 0 Å². The number of nitrogens with zero attached hydrogens (tertiary/aromatic N) is 1. The zero-order valence-corrected chi connectivity index (χ0v) is 12.5. The highest BCUT2D eigenvalue weighted by Crippen LogP contribution is 2.50. The lowest BCUT2D eigenvalue weighted by atomic mass is 9.90. The van der Waals surface area contributed by atoms with E-state index in [0.29, 0.717) is 0 Å². The zero-order valence-electron chi connectivity index (χ0n) is 11.7. The van der Waals surface area contributed by atoms with Gasteiger partial charge in [-0.3, -0.25) is 0 Å². The summed E-state index contributed by atoms with van der Waals surface area (Å²) < 4.78 is 0. The molecular weight excluding hydrogens is 274 g/mol. The normalized spacial score (nSPS) is 16.9. The maximum atomic E-state index is 4.76. The second-order valence-corrected chi connectivity index (χ2v) is 6.34. The Morgan fingerprint density at radius 2 is 2.10 bits per heavy atom. The molecule has 0 fully saturated rings. The minimum Gasteiger partial charge on any atom is -0.248 e. The minimum absolute atomic E-state index is 0.947. The fraction of sp³-hybridized carbons (Fsp3) is 0.105. The van der Waals surface area contributed by atoms with Gasteiger partial charge in [0.1, 0.15) is 0 Å². The zero-order chi connectivity index (χ0) is 14.4. The first-order valence-corrected chi connectivity index (χ1v) is 7.93. The van der Waals surface area contributed by atoms with Crippen molar-refractivity contribution in [2.24, 2.45) is 0 Å². The van der Waals surface area contributed by atoms with Crippen LogP contribution < -0.4 is 0 Å². The molecule has 0 spiro atoms. The fourth-order valence-electron chi connectivity index (χ4n) is 3.04. The summed E-state index contributed by atoms with van der Waals surface area (Å²) in [7, 11) is 0. The van der Waals surface area contributed by atoms with Gasteiger partial charge in [-0.15, -0.1) is 0 Å². The Kier molecular flexibility index (Phi) is 2.86. The number of hydrogen-bond donors (Lipinski definition) is 0. The molecule has 102 valence electrons. The van der Waals surface area contributed by atoms with Crippen molar-refractivity contribution >= 4 is 34.3 Å². The van der Waals surface area contributed by atoms with E-state index >= 15 is 0 Å². The van der Waals surface area contributed by atoms with Crippen molar-refractivity contribution in [1.82, 2.24) is 4.98 Å². The summed E-state index contributed by atoms with van der Waals surface area (Å²) in [6.45, 7) is 8.30. The van der Waals surface area contributed by atoms with Gasteiger partial charge in [-0.1, -0.05) is 55.3 Å². The number of pyridine rings is 1. The van der Waals surface area contributed by atoms with Gasteiger partial charge < -0.3 is 0 Å². The third kappa shape index (κ3) is 1.83. The number of rotatable bonds is 1. The smallest absolute Gasteiger partial charge is 0.0721 e. The molecule has 0 N–H and O–H groups in total. The van der Waals surface area contributed by atoms with Gasteiger partial charge in [-0.2, -0.15) is 0 Å². The number of hydrogen-bond acceptors (Lipinski definition) is 2. The Morgan fingerprint density at radius 3 is 2.95 bits per heavy atom. The van der Waals surface area contributed by atoms with E-state index in [9.17, 15) is 0 Å². The van der Waals surface area contributed by atoms with Gasteiger partial charge in [0.05, 0.1) is 11.2 Å². The monoisotopic (exact) mass is 289 g/mol. The topological polar surface area (TPSA) is 12.9 Å². The Balaban J connectivity index is 2.07. The van der Waals surface area contributed by atoms with E-state index in [1.807, 2.05) is 23.9 Å². The number of allylic oxidation sites excluding steroid dienone is 4. The Hall–Kier alpha value is -2.06. The molecule has 0 saturated carbocycles. The van der Waals surface area contributed by atoms with Gasteiger partial charge in [0.2, 0.25) is 0 Å². The molecule has 2 aromatic rings. The number of benzene rings is 1. The lowest BCUT2D eigenvalue weighted by Crippen LogP contribution is -2.06. The second kappa shape index (κ2) is 4.74. The highest BCUT2D eigenvalue weighted by atomic mass is 32.2. The van der Waals surface area contributed by atoms with Crippen molar-refractivity contribution in [2.45, 2.75) is 17.7 Å². The second-order valence-electron chi connectivity index (χ2n) is 5.29. The maximum Gasteiger partial charge on any atom is 0.0721 e. The molecule has 1 aromatic carbocycles. The van der Waals surface area contributed by atoms with Gasteiger partial charge in [0.25, 0.3) is 0 Å². The number of fused-ring (bicyclic) bond motifs is 3. The molecule has 0 amide bonds.